The summed E-state index contributed by atoms with van der Waals surface area (Å²) in [7, 11) is -2.73. The molecule has 0 N–H and O–H groups in total. The molecule has 1 fully saturated rings. The standard InChI is InChI=1S/C15H32OSi2/c1-12-10-14(13(12)11-17(5,6)7)16-18(8,9)15(2,3)4/h11-12,14H,10H2,1-9H3/b13-11+/t12-,14-/m1/s1. The Morgan fingerprint density at radius 1 is 1.11 bits per heavy atom. The summed E-state index contributed by atoms with van der Waals surface area (Å²) in [6.45, 7) is 21.3. The van der Waals surface area contributed by atoms with Gasteiger partial charge < -0.3 is 4.43 Å². The van der Waals surface area contributed by atoms with Crippen LogP contribution < -0.4 is 0 Å². The fourth-order valence-electron chi connectivity index (χ4n) is 2.13. The van der Waals surface area contributed by atoms with Gasteiger partial charge in [-0.2, -0.15) is 0 Å². The van der Waals surface area contributed by atoms with E-state index in [9.17, 15) is 0 Å². The first kappa shape index (κ1) is 16.2. The monoisotopic (exact) mass is 284 g/mol. The topological polar surface area (TPSA) is 9.23 Å². The Kier molecular flexibility index (Phi) is 4.42. The molecule has 0 aromatic heterocycles. The molecule has 0 spiro atoms. The van der Waals surface area contributed by atoms with Crippen LogP contribution in [0, 0.1) is 5.92 Å². The normalized spacial score (nSPS) is 28.4. The maximum Gasteiger partial charge on any atom is 0.192 e. The van der Waals surface area contributed by atoms with Crippen molar-refractivity contribution < 1.29 is 4.43 Å². The van der Waals surface area contributed by atoms with E-state index in [1.807, 2.05) is 0 Å². The number of hydrogen-bond acceptors (Lipinski definition) is 1. The lowest BCUT2D eigenvalue weighted by atomic mass is 9.79. The molecule has 0 aromatic carbocycles. The van der Waals surface area contributed by atoms with Crippen molar-refractivity contribution in [3.8, 4) is 0 Å². The van der Waals surface area contributed by atoms with Crippen LogP contribution in [0.1, 0.15) is 34.1 Å². The molecule has 2 atom stereocenters. The third-order valence-electron chi connectivity index (χ3n) is 4.35. The summed E-state index contributed by atoms with van der Waals surface area (Å²) >= 11 is 0. The largest absolute Gasteiger partial charge is 0.410 e. The van der Waals surface area contributed by atoms with Crippen molar-refractivity contribution in [1.29, 1.82) is 0 Å². The second-order valence-electron chi connectivity index (χ2n) is 8.51. The average molecular weight is 285 g/mol. The molecule has 0 saturated heterocycles. The lowest BCUT2D eigenvalue weighted by Gasteiger charge is -2.46. The van der Waals surface area contributed by atoms with Crippen molar-refractivity contribution in [2.75, 3.05) is 0 Å². The van der Waals surface area contributed by atoms with Crippen molar-refractivity contribution in [3.05, 3.63) is 11.3 Å². The van der Waals surface area contributed by atoms with Crippen LogP contribution in [0.2, 0.25) is 37.8 Å². The molecule has 18 heavy (non-hydrogen) atoms. The lowest BCUT2D eigenvalue weighted by Crippen LogP contribution is -2.48. The van der Waals surface area contributed by atoms with Crippen LogP contribution in [0.3, 0.4) is 0 Å². The van der Waals surface area contributed by atoms with Gasteiger partial charge in [0.05, 0.1) is 14.2 Å². The summed E-state index contributed by atoms with van der Waals surface area (Å²) in [4.78, 5) is 0. The van der Waals surface area contributed by atoms with E-state index < -0.39 is 16.4 Å². The van der Waals surface area contributed by atoms with E-state index in [-0.39, 0.29) is 0 Å². The molecule has 0 amide bonds. The Labute approximate surface area is 116 Å². The predicted molar refractivity (Wildman–Crippen MR) is 87.3 cm³/mol. The van der Waals surface area contributed by atoms with Gasteiger partial charge in [-0.1, -0.05) is 53.0 Å². The summed E-state index contributed by atoms with van der Waals surface area (Å²) in [5, 5.41) is 0.316. The van der Waals surface area contributed by atoms with Gasteiger partial charge in [0.25, 0.3) is 0 Å². The molecule has 106 valence electrons. The van der Waals surface area contributed by atoms with Crippen LogP contribution >= 0.6 is 0 Å². The quantitative estimate of drug-likeness (QED) is 0.646. The molecule has 0 bridgehead atoms. The first-order chi connectivity index (χ1) is 7.83. The van der Waals surface area contributed by atoms with E-state index >= 15 is 0 Å². The zero-order chi connectivity index (χ0) is 14.4. The Morgan fingerprint density at radius 3 is 1.94 bits per heavy atom. The Hall–Kier alpha value is 0.134. The van der Waals surface area contributed by atoms with Gasteiger partial charge in [0.1, 0.15) is 0 Å². The Balaban J connectivity index is 2.79. The molecule has 0 radical (unpaired) electrons. The van der Waals surface area contributed by atoms with Crippen LogP contribution in [0.25, 0.3) is 0 Å². The summed E-state index contributed by atoms with van der Waals surface area (Å²) in [5.41, 5.74) is 4.16. The predicted octanol–water partition coefficient (Wildman–Crippen LogP) is 5.22. The zero-order valence-corrected chi connectivity index (χ0v) is 15.8. The van der Waals surface area contributed by atoms with Gasteiger partial charge >= 0.3 is 0 Å². The molecule has 0 heterocycles. The molecule has 1 nitrogen and oxygen atoms in total. The number of rotatable bonds is 3. The average Bonchev–Trinajstić information content (AvgIpc) is 2.10. The van der Waals surface area contributed by atoms with Gasteiger partial charge in [-0.15, -0.1) is 0 Å². The van der Waals surface area contributed by atoms with E-state index in [4.69, 9.17) is 4.43 Å². The van der Waals surface area contributed by atoms with E-state index in [1.54, 1.807) is 5.57 Å². The zero-order valence-electron chi connectivity index (χ0n) is 13.8. The third-order valence-corrected chi connectivity index (χ3v) is 10.0. The first-order valence-electron chi connectivity index (χ1n) is 7.24. The minimum absolute atomic E-state index is 0.316. The molecular weight excluding hydrogens is 252 g/mol. The van der Waals surface area contributed by atoms with Crippen LogP contribution in [-0.4, -0.2) is 22.5 Å². The molecule has 1 rings (SSSR count). The minimum Gasteiger partial charge on any atom is -0.410 e. The SMILES string of the molecule is C[C@@H]1C[C@@H](O[Si](C)(C)C(C)(C)C)/C1=C/[Si](C)(C)C. The highest BCUT2D eigenvalue weighted by Gasteiger charge is 2.43. The lowest BCUT2D eigenvalue weighted by molar-refractivity contribution is 0.130. The molecule has 1 saturated carbocycles. The highest BCUT2D eigenvalue weighted by Crippen LogP contribution is 2.44. The van der Waals surface area contributed by atoms with Gasteiger partial charge in [0.15, 0.2) is 8.32 Å². The highest BCUT2D eigenvalue weighted by molar-refractivity contribution is 6.81. The molecule has 0 unspecified atom stereocenters. The fraction of sp³-hybridized carbons (Fsp3) is 0.867. The van der Waals surface area contributed by atoms with Crippen LogP contribution in [0.4, 0.5) is 0 Å². The second-order valence-corrected chi connectivity index (χ2v) is 18.3. The van der Waals surface area contributed by atoms with Crippen LogP contribution in [-0.2, 0) is 4.43 Å². The molecule has 3 heteroatoms. The van der Waals surface area contributed by atoms with Crippen molar-refractivity contribution in [1.82, 2.24) is 0 Å². The summed E-state index contributed by atoms with van der Waals surface area (Å²) in [6, 6.07) is 0. The fourth-order valence-corrected chi connectivity index (χ4v) is 4.90. The molecular formula is C15H32OSi2. The van der Waals surface area contributed by atoms with Crippen LogP contribution in [0.5, 0.6) is 0 Å². The van der Waals surface area contributed by atoms with E-state index in [1.165, 1.54) is 6.42 Å². The minimum atomic E-state index is -1.61. The molecule has 1 aliphatic carbocycles. The van der Waals surface area contributed by atoms with E-state index in [0.717, 1.165) is 5.92 Å². The smallest absolute Gasteiger partial charge is 0.192 e. The molecule has 1 aliphatic rings. The van der Waals surface area contributed by atoms with Gasteiger partial charge in [0.2, 0.25) is 0 Å². The van der Waals surface area contributed by atoms with Gasteiger partial charge in [-0.05, 0) is 36.0 Å². The van der Waals surface area contributed by atoms with E-state index in [0.29, 0.717) is 11.1 Å². The van der Waals surface area contributed by atoms with Crippen molar-refractivity contribution in [3.63, 3.8) is 0 Å². The van der Waals surface area contributed by atoms with Crippen molar-refractivity contribution >= 4 is 16.4 Å². The first-order valence-corrected chi connectivity index (χ1v) is 13.7. The van der Waals surface area contributed by atoms with E-state index in [2.05, 4.69) is 66.1 Å². The molecule has 0 aromatic rings. The van der Waals surface area contributed by atoms with Gasteiger partial charge in [-0.3, -0.25) is 0 Å². The van der Waals surface area contributed by atoms with Crippen molar-refractivity contribution in [2.24, 2.45) is 5.92 Å². The number of hydrogen-bond donors (Lipinski definition) is 0. The Bertz CT molecular complexity index is 331. The highest BCUT2D eigenvalue weighted by atomic mass is 28.4. The maximum atomic E-state index is 6.56. The summed E-state index contributed by atoms with van der Waals surface area (Å²) in [5.74, 6) is 0.742. The van der Waals surface area contributed by atoms with Gasteiger partial charge in [0, 0.05) is 0 Å². The molecule has 0 aliphatic heterocycles. The summed E-state index contributed by atoms with van der Waals surface area (Å²) < 4.78 is 6.56. The second kappa shape index (κ2) is 4.91. The van der Waals surface area contributed by atoms with Crippen LogP contribution in [0.15, 0.2) is 11.3 Å². The van der Waals surface area contributed by atoms with Gasteiger partial charge in [-0.25, -0.2) is 0 Å². The maximum absolute atomic E-state index is 6.56. The third kappa shape index (κ3) is 3.81. The van der Waals surface area contributed by atoms with Crippen molar-refractivity contribution in [2.45, 2.75) is 78.0 Å². The Morgan fingerprint density at radius 2 is 1.61 bits per heavy atom. The summed E-state index contributed by atoms with van der Waals surface area (Å²) in [6.07, 6.45) is 1.65.